The minimum Gasteiger partial charge on any atom is -0.0654 e. The summed E-state index contributed by atoms with van der Waals surface area (Å²) in [5, 5.41) is 0. The Labute approximate surface area is 97.8 Å². The van der Waals surface area contributed by atoms with Crippen molar-refractivity contribution in [2.75, 3.05) is 0 Å². The summed E-state index contributed by atoms with van der Waals surface area (Å²) >= 11 is 0. The monoisotopic (exact) mass is 212 g/mol. The predicted molar refractivity (Wildman–Crippen MR) is 71.2 cm³/mol. The highest BCUT2D eigenvalue weighted by molar-refractivity contribution is 4.76. The lowest BCUT2D eigenvalue weighted by Gasteiger charge is -2.33. The van der Waals surface area contributed by atoms with Crippen LogP contribution in [0.1, 0.15) is 80.1 Å². The SMILES string of the molecule is CCCCC(C)(C)C(C)CC(C)CCC. The molecule has 0 aromatic carbocycles. The molecule has 0 aliphatic carbocycles. The Kier molecular flexibility index (Phi) is 7.30. The zero-order chi connectivity index (χ0) is 11.9. The van der Waals surface area contributed by atoms with Gasteiger partial charge in [-0.25, -0.2) is 0 Å². The maximum atomic E-state index is 2.45. The van der Waals surface area contributed by atoms with E-state index in [0.29, 0.717) is 5.41 Å². The maximum absolute atomic E-state index is 2.45. The van der Waals surface area contributed by atoms with Crippen molar-refractivity contribution in [3.05, 3.63) is 0 Å². The second-order valence-corrected chi connectivity index (χ2v) is 6.12. The van der Waals surface area contributed by atoms with Crippen LogP contribution in [0, 0.1) is 17.3 Å². The van der Waals surface area contributed by atoms with Crippen molar-refractivity contribution in [1.82, 2.24) is 0 Å². The van der Waals surface area contributed by atoms with Crippen molar-refractivity contribution in [1.29, 1.82) is 0 Å². The first-order valence-corrected chi connectivity index (χ1v) is 6.94. The van der Waals surface area contributed by atoms with Crippen LogP contribution in [0.4, 0.5) is 0 Å². The fourth-order valence-corrected chi connectivity index (χ4v) is 2.41. The highest BCUT2D eigenvalue weighted by Crippen LogP contribution is 2.36. The summed E-state index contributed by atoms with van der Waals surface area (Å²) < 4.78 is 0. The topological polar surface area (TPSA) is 0 Å². The molecule has 0 saturated heterocycles. The predicted octanol–water partition coefficient (Wildman–Crippen LogP) is 5.67. The molecule has 0 N–H and O–H groups in total. The third-order valence-electron chi connectivity index (χ3n) is 4.05. The molecule has 0 rings (SSSR count). The van der Waals surface area contributed by atoms with E-state index >= 15 is 0 Å². The van der Waals surface area contributed by atoms with Crippen LogP contribution in [-0.2, 0) is 0 Å². The number of unbranched alkanes of at least 4 members (excludes halogenated alkanes) is 1. The van der Waals surface area contributed by atoms with Gasteiger partial charge in [-0.15, -0.1) is 0 Å². The molecule has 0 heterocycles. The third-order valence-corrected chi connectivity index (χ3v) is 4.05. The highest BCUT2D eigenvalue weighted by atomic mass is 14.3. The molecule has 0 saturated carbocycles. The Bertz CT molecular complexity index is 146. The van der Waals surface area contributed by atoms with E-state index in [0.717, 1.165) is 11.8 Å². The van der Waals surface area contributed by atoms with Crippen molar-refractivity contribution in [3.63, 3.8) is 0 Å². The molecular weight excluding hydrogens is 180 g/mol. The molecule has 0 heteroatoms. The van der Waals surface area contributed by atoms with Crippen molar-refractivity contribution < 1.29 is 0 Å². The van der Waals surface area contributed by atoms with E-state index in [4.69, 9.17) is 0 Å². The van der Waals surface area contributed by atoms with Crippen molar-refractivity contribution in [2.45, 2.75) is 80.1 Å². The van der Waals surface area contributed by atoms with Crippen molar-refractivity contribution >= 4 is 0 Å². The van der Waals surface area contributed by atoms with Gasteiger partial charge in [0.1, 0.15) is 0 Å². The van der Waals surface area contributed by atoms with E-state index < -0.39 is 0 Å². The van der Waals surface area contributed by atoms with Crippen LogP contribution in [0.3, 0.4) is 0 Å². The lowest BCUT2D eigenvalue weighted by atomic mass is 9.72. The van der Waals surface area contributed by atoms with Gasteiger partial charge in [0.15, 0.2) is 0 Å². The summed E-state index contributed by atoms with van der Waals surface area (Å²) in [6.07, 6.45) is 8.26. The molecule has 0 aliphatic heterocycles. The average Bonchev–Trinajstić information content (AvgIpc) is 2.15. The molecule has 0 bridgehead atoms. The van der Waals surface area contributed by atoms with Gasteiger partial charge in [-0.1, -0.05) is 67.2 Å². The minimum absolute atomic E-state index is 0.540. The van der Waals surface area contributed by atoms with Crippen LogP contribution in [-0.4, -0.2) is 0 Å². The number of hydrogen-bond acceptors (Lipinski definition) is 0. The van der Waals surface area contributed by atoms with E-state index in [1.54, 1.807) is 0 Å². The molecule has 15 heavy (non-hydrogen) atoms. The van der Waals surface area contributed by atoms with Gasteiger partial charge in [0, 0.05) is 0 Å². The summed E-state index contributed by atoms with van der Waals surface area (Å²) in [5.41, 5.74) is 0.540. The molecule has 0 aliphatic rings. The largest absolute Gasteiger partial charge is 0.0654 e. The average molecular weight is 212 g/mol. The molecule has 92 valence electrons. The van der Waals surface area contributed by atoms with Crippen LogP contribution >= 0.6 is 0 Å². The van der Waals surface area contributed by atoms with E-state index in [1.165, 1.54) is 38.5 Å². The van der Waals surface area contributed by atoms with Crippen LogP contribution in [0.5, 0.6) is 0 Å². The molecule has 2 atom stereocenters. The molecular formula is C15H32. The smallest absolute Gasteiger partial charge is 0.0328 e. The molecule has 2 unspecified atom stereocenters. The van der Waals surface area contributed by atoms with E-state index in [-0.39, 0.29) is 0 Å². The van der Waals surface area contributed by atoms with Gasteiger partial charge in [-0.3, -0.25) is 0 Å². The number of hydrogen-bond donors (Lipinski definition) is 0. The van der Waals surface area contributed by atoms with Crippen LogP contribution in [0.25, 0.3) is 0 Å². The fourth-order valence-electron chi connectivity index (χ4n) is 2.41. The van der Waals surface area contributed by atoms with Gasteiger partial charge in [-0.05, 0) is 30.1 Å². The summed E-state index contributed by atoms with van der Waals surface area (Å²) in [7, 11) is 0. The third kappa shape index (κ3) is 6.22. The van der Waals surface area contributed by atoms with Gasteiger partial charge in [-0.2, -0.15) is 0 Å². The molecule has 0 amide bonds. The van der Waals surface area contributed by atoms with Crippen LogP contribution in [0.2, 0.25) is 0 Å². The maximum Gasteiger partial charge on any atom is -0.0328 e. The minimum atomic E-state index is 0.540. The van der Waals surface area contributed by atoms with Crippen LogP contribution in [0.15, 0.2) is 0 Å². The summed E-state index contributed by atoms with van der Waals surface area (Å²) in [6.45, 7) is 14.3. The first kappa shape index (κ1) is 15.0. The normalized spacial score (nSPS) is 16.4. The molecule has 0 aromatic heterocycles. The first-order chi connectivity index (χ1) is 6.94. The zero-order valence-electron chi connectivity index (χ0n) is 11.9. The second kappa shape index (κ2) is 7.30. The molecule has 0 spiro atoms. The van der Waals surface area contributed by atoms with Crippen LogP contribution < -0.4 is 0 Å². The van der Waals surface area contributed by atoms with Gasteiger partial charge in [0.05, 0.1) is 0 Å². The van der Waals surface area contributed by atoms with Crippen molar-refractivity contribution in [3.8, 4) is 0 Å². The second-order valence-electron chi connectivity index (χ2n) is 6.12. The molecule has 0 fully saturated rings. The summed E-state index contributed by atoms with van der Waals surface area (Å²) in [6, 6.07) is 0. The van der Waals surface area contributed by atoms with Gasteiger partial charge >= 0.3 is 0 Å². The van der Waals surface area contributed by atoms with E-state index in [1.807, 2.05) is 0 Å². The molecule has 0 aromatic rings. The lowest BCUT2D eigenvalue weighted by molar-refractivity contribution is 0.172. The van der Waals surface area contributed by atoms with Gasteiger partial charge in [0.25, 0.3) is 0 Å². The summed E-state index contributed by atoms with van der Waals surface area (Å²) in [5.74, 6) is 1.77. The Morgan fingerprint density at radius 1 is 1.00 bits per heavy atom. The Morgan fingerprint density at radius 2 is 1.60 bits per heavy atom. The van der Waals surface area contributed by atoms with Gasteiger partial charge in [0.2, 0.25) is 0 Å². The first-order valence-electron chi connectivity index (χ1n) is 6.94. The van der Waals surface area contributed by atoms with Crippen molar-refractivity contribution in [2.24, 2.45) is 17.3 Å². The lowest BCUT2D eigenvalue weighted by Crippen LogP contribution is -2.23. The molecule has 0 radical (unpaired) electrons. The summed E-state index contributed by atoms with van der Waals surface area (Å²) in [4.78, 5) is 0. The van der Waals surface area contributed by atoms with Gasteiger partial charge < -0.3 is 0 Å². The standard InChI is InChI=1S/C15H32/c1-7-9-11-15(5,6)14(4)12-13(3)10-8-2/h13-14H,7-12H2,1-6H3. The molecule has 0 nitrogen and oxygen atoms in total. The Hall–Kier alpha value is 0. The quantitative estimate of drug-likeness (QED) is 0.486. The zero-order valence-corrected chi connectivity index (χ0v) is 11.9. The van der Waals surface area contributed by atoms with E-state index in [9.17, 15) is 0 Å². The van der Waals surface area contributed by atoms with E-state index in [2.05, 4.69) is 41.5 Å². The Morgan fingerprint density at radius 3 is 2.07 bits per heavy atom. The number of rotatable bonds is 8. The Balaban J connectivity index is 3.99. The highest BCUT2D eigenvalue weighted by Gasteiger charge is 2.25. The fraction of sp³-hybridized carbons (Fsp3) is 1.00.